The molecule has 1 aliphatic heterocycles. The Balaban J connectivity index is 1.86. The first-order valence-electron chi connectivity index (χ1n) is 11.7. The number of halogens is 4. The Morgan fingerprint density at radius 3 is 2.51 bits per heavy atom. The number of hydrogen-bond donors (Lipinski definition) is 3. The predicted octanol–water partition coefficient (Wildman–Crippen LogP) is 4.18. The SMILES string of the molecule is NC(=O)c1nsc(C(=O)N(c2cccc(C(F)(F)F)c2)[C@@H](C(=O)NC[C@H]2CCCO2)c2ccc(Cl)cc2)c1N. The molecule has 1 aromatic heterocycles. The number of hydrogen-bond acceptors (Lipinski definition) is 7. The first-order valence-corrected chi connectivity index (χ1v) is 12.8. The van der Waals surface area contributed by atoms with Crippen LogP contribution in [-0.2, 0) is 15.7 Å². The second-order valence-corrected chi connectivity index (χ2v) is 9.91. The van der Waals surface area contributed by atoms with E-state index in [1.807, 2.05) is 0 Å². The van der Waals surface area contributed by atoms with Gasteiger partial charge in [-0.3, -0.25) is 19.3 Å². The Morgan fingerprint density at radius 2 is 1.92 bits per heavy atom. The normalized spacial score (nSPS) is 16.1. The summed E-state index contributed by atoms with van der Waals surface area (Å²) in [5, 5.41) is 3.09. The molecule has 0 unspecified atom stereocenters. The molecule has 0 saturated carbocycles. The van der Waals surface area contributed by atoms with Crippen LogP contribution in [-0.4, -0.2) is 41.4 Å². The first-order chi connectivity index (χ1) is 18.5. The van der Waals surface area contributed by atoms with Crippen LogP contribution in [0.5, 0.6) is 0 Å². The minimum Gasteiger partial charge on any atom is -0.395 e. The summed E-state index contributed by atoms with van der Waals surface area (Å²) < 4.78 is 50.3. The monoisotopic (exact) mass is 581 g/mol. The standard InChI is InChI=1S/C25H23ClF3N5O4S/c26-15-8-6-13(7-9-15)20(23(36)32-12-17-5-2-10-38-17)34(16-4-1-3-14(11-16)25(27,28)29)24(37)21-18(30)19(22(31)35)33-39-21/h1,3-4,6-9,11,17,20H,2,5,10,12,30H2,(H2,31,35)(H,32,36)/t17-,20-/m1/s1. The summed E-state index contributed by atoms with van der Waals surface area (Å²) in [6.07, 6.45) is -3.43. The van der Waals surface area contributed by atoms with Crippen LogP contribution in [0.25, 0.3) is 0 Å². The van der Waals surface area contributed by atoms with Crippen molar-refractivity contribution in [3.05, 3.63) is 75.3 Å². The van der Waals surface area contributed by atoms with Crippen LogP contribution in [0.3, 0.4) is 0 Å². The minimum absolute atomic E-state index is 0.127. The van der Waals surface area contributed by atoms with Crippen LogP contribution in [0.4, 0.5) is 24.5 Å². The molecule has 0 bridgehead atoms. The number of nitrogens with two attached hydrogens (primary N) is 2. The zero-order chi connectivity index (χ0) is 28.3. The number of alkyl halides is 3. The number of nitrogens with one attached hydrogen (secondary N) is 1. The largest absolute Gasteiger partial charge is 0.416 e. The Labute approximate surface area is 230 Å². The van der Waals surface area contributed by atoms with Crippen molar-refractivity contribution in [2.75, 3.05) is 23.8 Å². The molecule has 0 radical (unpaired) electrons. The molecule has 0 spiro atoms. The molecule has 1 saturated heterocycles. The van der Waals surface area contributed by atoms with Gasteiger partial charge in [0.25, 0.3) is 11.8 Å². The summed E-state index contributed by atoms with van der Waals surface area (Å²) in [5.41, 5.74) is 9.54. The third kappa shape index (κ3) is 6.32. The van der Waals surface area contributed by atoms with Crippen molar-refractivity contribution in [3.8, 4) is 0 Å². The van der Waals surface area contributed by atoms with Gasteiger partial charge >= 0.3 is 6.18 Å². The van der Waals surface area contributed by atoms with Gasteiger partial charge in [0.15, 0.2) is 5.69 Å². The van der Waals surface area contributed by atoms with E-state index in [-0.39, 0.29) is 40.2 Å². The van der Waals surface area contributed by atoms with Crippen molar-refractivity contribution in [2.24, 2.45) is 5.73 Å². The number of anilines is 2. The number of nitrogen functional groups attached to an aromatic ring is 1. The molecule has 5 N–H and O–H groups in total. The molecule has 1 fully saturated rings. The average Bonchev–Trinajstić information content (AvgIpc) is 3.55. The van der Waals surface area contributed by atoms with E-state index in [9.17, 15) is 27.6 Å². The molecule has 14 heteroatoms. The van der Waals surface area contributed by atoms with Gasteiger partial charge in [-0.05, 0) is 60.3 Å². The van der Waals surface area contributed by atoms with E-state index in [0.29, 0.717) is 23.2 Å². The molecule has 2 atom stereocenters. The predicted molar refractivity (Wildman–Crippen MR) is 139 cm³/mol. The minimum atomic E-state index is -4.73. The van der Waals surface area contributed by atoms with E-state index in [2.05, 4.69) is 9.69 Å². The van der Waals surface area contributed by atoms with Crippen LogP contribution >= 0.6 is 23.1 Å². The van der Waals surface area contributed by atoms with Gasteiger partial charge in [-0.15, -0.1) is 0 Å². The maximum Gasteiger partial charge on any atom is 0.416 e. The van der Waals surface area contributed by atoms with Gasteiger partial charge in [-0.1, -0.05) is 29.8 Å². The number of amides is 3. The molecule has 1 aliphatic rings. The molecular formula is C25H23ClF3N5O4S. The number of aromatic nitrogens is 1. The third-order valence-corrected chi connectivity index (χ3v) is 7.15. The highest BCUT2D eigenvalue weighted by Gasteiger charge is 2.38. The summed E-state index contributed by atoms with van der Waals surface area (Å²) in [4.78, 5) is 40.0. The smallest absolute Gasteiger partial charge is 0.395 e. The maximum absolute atomic E-state index is 14.0. The van der Waals surface area contributed by atoms with Crippen LogP contribution in [0.15, 0.2) is 48.5 Å². The highest BCUT2D eigenvalue weighted by Crippen LogP contribution is 2.37. The zero-order valence-corrected chi connectivity index (χ0v) is 21.8. The van der Waals surface area contributed by atoms with Crippen LogP contribution in [0, 0.1) is 0 Å². The summed E-state index contributed by atoms with van der Waals surface area (Å²) in [7, 11) is 0. The van der Waals surface area contributed by atoms with Crippen LogP contribution in [0.2, 0.25) is 5.02 Å². The third-order valence-electron chi connectivity index (χ3n) is 6.05. The molecular weight excluding hydrogens is 559 g/mol. The molecule has 2 heterocycles. The van der Waals surface area contributed by atoms with Crippen molar-refractivity contribution in [1.29, 1.82) is 0 Å². The summed E-state index contributed by atoms with van der Waals surface area (Å²) in [6, 6.07) is 8.44. The van der Waals surface area contributed by atoms with Gasteiger partial charge in [0.1, 0.15) is 10.9 Å². The summed E-state index contributed by atoms with van der Waals surface area (Å²) in [5.74, 6) is -2.63. The highest BCUT2D eigenvalue weighted by atomic mass is 35.5. The number of carbonyl (C=O) groups is 3. The van der Waals surface area contributed by atoms with E-state index in [1.165, 1.54) is 30.3 Å². The summed E-state index contributed by atoms with van der Waals surface area (Å²) in [6.45, 7) is 0.672. The Kier molecular flexibility index (Phi) is 8.42. The van der Waals surface area contributed by atoms with Crippen LogP contribution in [0.1, 0.15) is 50.2 Å². The van der Waals surface area contributed by atoms with Crippen molar-refractivity contribution in [1.82, 2.24) is 9.69 Å². The van der Waals surface area contributed by atoms with Gasteiger partial charge in [-0.25, -0.2) is 0 Å². The van der Waals surface area contributed by atoms with E-state index >= 15 is 0 Å². The fraction of sp³-hybridized carbons (Fsp3) is 0.280. The number of carbonyl (C=O) groups excluding carboxylic acids is 3. The van der Waals surface area contributed by atoms with Gasteiger partial charge in [0, 0.05) is 23.9 Å². The molecule has 4 rings (SSSR count). The Bertz CT molecular complexity index is 1380. The Morgan fingerprint density at radius 1 is 1.21 bits per heavy atom. The van der Waals surface area contributed by atoms with Crippen LogP contribution < -0.4 is 21.7 Å². The lowest BCUT2D eigenvalue weighted by Crippen LogP contribution is -2.45. The fourth-order valence-corrected chi connectivity index (χ4v) is 5.00. The summed E-state index contributed by atoms with van der Waals surface area (Å²) >= 11 is 6.58. The molecule has 206 valence electrons. The molecule has 3 amide bonds. The van der Waals surface area contributed by atoms with Crippen molar-refractivity contribution < 1.29 is 32.3 Å². The fourth-order valence-electron chi connectivity index (χ4n) is 4.13. The molecule has 39 heavy (non-hydrogen) atoms. The average molecular weight is 582 g/mol. The van der Waals surface area contributed by atoms with E-state index in [4.69, 9.17) is 27.8 Å². The lowest BCUT2D eigenvalue weighted by Gasteiger charge is -2.32. The molecule has 2 aromatic carbocycles. The van der Waals surface area contributed by atoms with Gasteiger partial charge < -0.3 is 21.5 Å². The van der Waals surface area contributed by atoms with Gasteiger partial charge in [0.2, 0.25) is 5.91 Å². The molecule has 0 aliphatic carbocycles. The number of rotatable bonds is 8. The first kappa shape index (κ1) is 28.3. The second-order valence-electron chi connectivity index (χ2n) is 8.70. The molecule has 3 aromatic rings. The maximum atomic E-state index is 14.0. The zero-order valence-electron chi connectivity index (χ0n) is 20.2. The lowest BCUT2D eigenvalue weighted by atomic mass is 10.0. The Hall–Kier alpha value is -3.68. The number of primary amides is 1. The van der Waals surface area contributed by atoms with Crippen molar-refractivity contribution in [2.45, 2.75) is 31.2 Å². The van der Waals surface area contributed by atoms with Crippen molar-refractivity contribution >= 4 is 52.2 Å². The van der Waals surface area contributed by atoms with E-state index < -0.39 is 35.5 Å². The topological polar surface area (TPSA) is 141 Å². The number of benzene rings is 2. The molecule has 9 nitrogen and oxygen atoms in total. The second kappa shape index (κ2) is 11.6. The number of ether oxygens (including phenoxy) is 1. The van der Waals surface area contributed by atoms with Crippen molar-refractivity contribution in [3.63, 3.8) is 0 Å². The number of nitrogens with zero attached hydrogens (tertiary/aromatic N) is 2. The van der Waals surface area contributed by atoms with E-state index in [1.54, 1.807) is 0 Å². The highest BCUT2D eigenvalue weighted by molar-refractivity contribution is 7.09. The quantitative estimate of drug-likeness (QED) is 0.364. The van der Waals surface area contributed by atoms with Gasteiger partial charge in [0.05, 0.1) is 17.4 Å². The lowest BCUT2D eigenvalue weighted by molar-refractivity contribution is -0.137. The van der Waals surface area contributed by atoms with Gasteiger partial charge in [-0.2, -0.15) is 17.5 Å². The van der Waals surface area contributed by atoms with E-state index in [0.717, 1.165) is 35.9 Å².